The van der Waals surface area contributed by atoms with E-state index >= 15 is 0 Å². The van der Waals surface area contributed by atoms with Gasteiger partial charge in [0.1, 0.15) is 11.6 Å². The minimum Gasteiger partial charge on any atom is -0.372 e. The van der Waals surface area contributed by atoms with E-state index in [0.29, 0.717) is 12.0 Å². The van der Waals surface area contributed by atoms with Gasteiger partial charge in [0.15, 0.2) is 0 Å². The van der Waals surface area contributed by atoms with Crippen molar-refractivity contribution in [2.45, 2.75) is 25.0 Å². The van der Waals surface area contributed by atoms with Crippen molar-refractivity contribution in [3.63, 3.8) is 0 Å². The molecule has 9 heteroatoms. The van der Waals surface area contributed by atoms with E-state index in [2.05, 4.69) is 10.3 Å². The molecule has 6 nitrogen and oxygen atoms in total. The molecule has 4 rings (SSSR count). The molecule has 0 spiro atoms. The number of fused-ring (bicyclic) bond motifs is 1. The summed E-state index contributed by atoms with van der Waals surface area (Å²) in [6.07, 6.45) is 2.15. The molecule has 1 unspecified atom stereocenters. The summed E-state index contributed by atoms with van der Waals surface area (Å²) in [5.74, 6) is -2.42. The highest BCUT2D eigenvalue weighted by atomic mass is 35.5. The third-order valence-electron chi connectivity index (χ3n) is 5.52. The number of hydrogen-bond acceptors (Lipinski definition) is 3. The molecule has 2 amide bonds. The molecule has 2 heterocycles. The fraction of sp³-hybridized carbons (Fsp3) is 0.273. The predicted molar refractivity (Wildman–Crippen MR) is 111 cm³/mol. The number of carbonyl (C=O) groups is 2. The van der Waals surface area contributed by atoms with Crippen LogP contribution in [0.25, 0.3) is 10.9 Å². The molecule has 0 bridgehead atoms. The van der Waals surface area contributed by atoms with Crippen LogP contribution < -0.4 is 5.32 Å². The van der Waals surface area contributed by atoms with Crippen molar-refractivity contribution in [2.24, 2.45) is 0 Å². The van der Waals surface area contributed by atoms with Crippen LogP contribution in [-0.4, -0.2) is 45.5 Å². The second-order valence-electron chi connectivity index (χ2n) is 7.62. The molecule has 1 atom stereocenters. The molecule has 1 aromatic heterocycles. The van der Waals surface area contributed by atoms with E-state index in [-0.39, 0.29) is 36.9 Å². The highest BCUT2D eigenvalue weighted by molar-refractivity contribution is 6.30. The van der Waals surface area contributed by atoms with Gasteiger partial charge in [-0.3, -0.25) is 9.59 Å². The van der Waals surface area contributed by atoms with Crippen LogP contribution in [0.5, 0.6) is 0 Å². The summed E-state index contributed by atoms with van der Waals surface area (Å²) in [6, 6.07) is 8.27. The van der Waals surface area contributed by atoms with Gasteiger partial charge in [-0.2, -0.15) is 0 Å². The number of aromatic amines is 1. The van der Waals surface area contributed by atoms with Crippen LogP contribution in [0.1, 0.15) is 17.5 Å². The smallest absolute Gasteiger partial charge is 0.264 e. The molecule has 162 valence electrons. The zero-order valence-corrected chi connectivity index (χ0v) is 17.2. The van der Waals surface area contributed by atoms with Gasteiger partial charge in [-0.15, -0.1) is 0 Å². The van der Waals surface area contributed by atoms with Crippen molar-refractivity contribution in [3.05, 3.63) is 70.4 Å². The lowest BCUT2D eigenvalue weighted by atomic mass is 10.0. The molecule has 1 saturated heterocycles. The number of carbonyl (C=O) groups excluding carboxylic acids is 2. The van der Waals surface area contributed by atoms with E-state index in [0.717, 1.165) is 22.5 Å². The van der Waals surface area contributed by atoms with Crippen LogP contribution >= 0.6 is 11.6 Å². The van der Waals surface area contributed by atoms with E-state index in [1.54, 1.807) is 12.3 Å². The Hall–Kier alpha value is -2.97. The third-order valence-corrected chi connectivity index (χ3v) is 5.73. The highest BCUT2D eigenvalue weighted by Gasteiger charge is 2.51. The van der Waals surface area contributed by atoms with Crippen molar-refractivity contribution in [1.82, 2.24) is 15.2 Å². The summed E-state index contributed by atoms with van der Waals surface area (Å²) in [5, 5.41) is 14.1. The fourth-order valence-corrected chi connectivity index (χ4v) is 4.09. The number of H-pyrrole nitrogens is 1. The first-order valence-electron chi connectivity index (χ1n) is 9.77. The van der Waals surface area contributed by atoms with Gasteiger partial charge in [0, 0.05) is 48.2 Å². The van der Waals surface area contributed by atoms with Gasteiger partial charge in [-0.05, 0) is 53.9 Å². The largest absolute Gasteiger partial charge is 0.372 e. The second-order valence-corrected chi connectivity index (χ2v) is 8.05. The summed E-state index contributed by atoms with van der Waals surface area (Å²) >= 11 is 5.80. The summed E-state index contributed by atoms with van der Waals surface area (Å²) in [6.45, 7) is 0.412. The number of halogens is 3. The van der Waals surface area contributed by atoms with Crippen molar-refractivity contribution in [2.75, 3.05) is 13.1 Å². The number of nitrogens with one attached hydrogen (secondary N) is 2. The Morgan fingerprint density at radius 3 is 2.81 bits per heavy atom. The topological polar surface area (TPSA) is 85.4 Å². The number of nitrogens with zero attached hydrogens (tertiary/aromatic N) is 1. The average molecular weight is 448 g/mol. The summed E-state index contributed by atoms with van der Waals surface area (Å²) < 4.78 is 27.0. The molecule has 0 saturated carbocycles. The van der Waals surface area contributed by atoms with E-state index in [9.17, 15) is 23.5 Å². The molecule has 1 fully saturated rings. The Bertz CT molecular complexity index is 1150. The van der Waals surface area contributed by atoms with Crippen LogP contribution in [0.4, 0.5) is 8.78 Å². The van der Waals surface area contributed by atoms with Crippen molar-refractivity contribution in [3.8, 4) is 0 Å². The number of hydrogen-bond donors (Lipinski definition) is 3. The maximum absolute atomic E-state index is 13.5. The van der Waals surface area contributed by atoms with E-state index in [1.807, 2.05) is 0 Å². The van der Waals surface area contributed by atoms with Gasteiger partial charge in [0.2, 0.25) is 5.60 Å². The summed E-state index contributed by atoms with van der Waals surface area (Å²) in [7, 11) is 0. The Morgan fingerprint density at radius 2 is 2.03 bits per heavy atom. The van der Waals surface area contributed by atoms with Crippen molar-refractivity contribution in [1.29, 1.82) is 0 Å². The molecular formula is C22H20ClF2N3O3. The van der Waals surface area contributed by atoms with E-state index in [1.165, 1.54) is 29.2 Å². The maximum Gasteiger partial charge on any atom is 0.264 e. The number of rotatable bonds is 6. The highest BCUT2D eigenvalue weighted by Crippen LogP contribution is 2.25. The molecular weight excluding hydrogens is 428 g/mol. The first kappa shape index (κ1) is 21.3. The van der Waals surface area contributed by atoms with Crippen LogP contribution in [0.2, 0.25) is 5.02 Å². The molecule has 0 aliphatic carbocycles. The lowest BCUT2D eigenvalue weighted by molar-refractivity contribution is -0.154. The molecule has 31 heavy (non-hydrogen) atoms. The monoisotopic (exact) mass is 447 g/mol. The average Bonchev–Trinajstić information content (AvgIpc) is 3.25. The SMILES string of the molecule is O=C(NCc1cc(F)cc(Cl)c1)C1(O)CCN(CCc2c[nH]c3ccc(F)cc23)C1=O. The van der Waals surface area contributed by atoms with Gasteiger partial charge in [0.05, 0.1) is 0 Å². The van der Waals surface area contributed by atoms with Crippen LogP contribution in [0.3, 0.4) is 0 Å². The quantitative estimate of drug-likeness (QED) is 0.508. The number of amides is 2. The van der Waals surface area contributed by atoms with Crippen molar-refractivity contribution < 1.29 is 23.5 Å². The normalized spacial score (nSPS) is 18.7. The van der Waals surface area contributed by atoms with Gasteiger partial charge < -0.3 is 20.3 Å². The molecule has 0 radical (unpaired) electrons. The second kappa shape index (κ2) is 8.28. The standard InChI is InChI=1S/C22H20ClF2N3O3/c23-15-7-13(8-17(25)9-15)11-27-20(29)22(31)4-6-28(21(22)30)5-3-14-12-26-19-2-1-16(24)10-18(14)19/h1-2,7-10,12,26,31H,3-6,11H2,(H,27,29). The summed E-state index contributed by atoms with van der Waals surface area (Å²) in [4.78, 5) is 29.7. The lowest BCUT2D eigenvalue weighted by Crippen LogP contribution is -2.52. The maximum atomic E-state index is 13.5. The van der Waals surface area contributed by atoms with Gasteiger partial charge in [-0.25, -0.2) is 8.78 Å². The zero-order valence-electron chi connectivity index (χ0n) is 16.4. The predicted octanol–water partition coefficient (Wildman–Crippen LogP) is 2.92. The number of benzene rings is 2. The molecule has 3 aromatic rings. The Balaban J connectivity index is 1.38. The van der Waals surface area contributed by atoms with Gasteiger partial charge >= 0.3 is 0 Å². The Labute approximate surface area is 181 Å². The minimum atomic E-state index is -2.18. The molecule has 1 aliphatic heterocycles. The van der Waals surface area contributed by atoms with Gasteiger partial charge in [0.25, 0.3) is 11.8 Å². The van der Waals surface area contributed by atoms with Crippen LogP contribution in [0.15, 0.2) is 42.6 Å². The van der Waals surface area contributed by atoms with E-state index < -0.39 is 23.2 Å². The van der Waals surface area contributed by atoms with Crippen molar-refractivity contribution >= 4 is 34.3 Å². The Morgan fingerprint density at radius 1 is 1.23 bits per heavy atom. The fourth-order valence-electron chi connectivity index (χ4n) is 3.85. The number of aliphatic hydroxyl groups is 1. The van der Waals surface area contributed by atoms with Gasteiger partial charge in [-0.1, -0.05) is 11.6 Å². The Kier molecular flexibility index (Phi) is 5.68. The third kappa shape index (κ3) is 4.26. The first-order chi connectivity index (χ1) is 14.8. The number of aromatic nitrogens is 1. The van der Waals surface area contributed by atoms with E-state index in [4.69, 9.17) is 11.6 Å². The molecule has 1 aliphatic rings. The lowest BCUT2D eigenvalue weighted by Gasteiger charge is -2.21. The van der Waals surface area contributed by atoms with Crippen LogP contribution in [0, 0.1) is 11.6 Å². The molecule has 2 aromatic carbocycles. The minimum absolute atomic E-state index is 0.0515. The van der Waals surface area contributed by atoms with Crippen LogP contribution in [-0.2, 0) is 22.6 Å². The zero-order chi connectivity index (χ0) is 22.2. The number of likely N-dealkylation sites (tertiary alicyclic amines) is 1. The first-order valence-corrected chi connectivity index (χ1v) is 10.1. The summed E-state index contributed by atoms with van der Waals surface area (Å²) in [5.41, 5.74) is -0.137. The molecule has 3 N–H and O–H groups in total.